The van der Waals surface area contributed by atoms with E-state index in [1.807, 2.05) is 0 Å². The largest absolute Gasteiger partial charge is 0.504 e. The lowest BCUT2D eigenvalue weighted by Gasteiger charge is -2.18. The molecule has 0 aromatic heterocycles. The summed E-state index contributed by atoms with van der Waals surface area (Å²) in [5.41, 5.74) is 1.52. The van der Waals surface area contributed by atoms with Crippen LogP contribution >= 0.6 is 0 Å². The van der Waals surface area contributed by atoms with E-state index in [-0.39, 0.29) is 11.7 Å². The van der Waals surface area contributed by atoms with Gasteiger partial charge in [-0.25, -0.2) is 0 Å². The van der Waals surface area contributed by atoms with E-state index in [1.165, 1.54) is 7.11 Å². The molecule has 0 bridgehead atoms. The van der Waals surface area contributed by atoms with Crippen LogP contribution in [0.4, 0.5) is 5.69 Å². The second-order valence-corrected chi connectivity index (χ2v) is 3.96. The average molecular weight is 221 g/mol. The zero-order valence-electron chi connectivity index (χ0n) is 9.49. The fourth-order valence-corrected chi connectivity index (χ4v) is 1.96. The topological polar surface area (TPSA) is 49.8 Å². The summed E-state index contributed by atoms with van der Waals surface area (Å²) in [6.07, 6.45) is 1.49. The molecule has 16 heavy (non-hydrogen) atoms. The van der Waals surface area contributed by atoms with Gasteiger partial charge in [-0.15, -0.1) is 0 Å². The van der Waals surface area contributed by atoms with E-state index in [4.69, 9.17) is 4.74 Å². The van der Waals surface area contributed by atoms with Gasteiger partial charge in [-0.3, -0.25) is 4.79 Å². The molecule has 0 atom stereocenters. The highest BCUT2D eigenvalue weighted by Crippen LogP contribution is 2.35. The summed E-state index contributed by atoms with van der Waals surface area (Å²) in [5.74, 6) is 0.680. The Hall–Kier alpha value is -1.71. The molecule has 0 radical (unpaired) electrons. The summed E-state index contributed by atoms with van der Waals surface area (Å²) < 4.78 is 5.07. The van der Waals surface area contributed by atoms with Crippen LogP contribution in [0.5, 0.6) is 11.5 Å². The quantitative estimate of drug-likeness (QED) is 0.829. The minimum atomic E-state index is 0.132. The molecule has 2 rings (SSSR count). The van der Waals surface area contributed by atoms with Crippen molar-refractivity contribution < 1.29 is 14.6 Å². The Morgan fingerprint density at radius 1 is 1.44 bits per heavy atom. The van der Waals surface area contributed by atoms with Crippen LogP contribution in [0, 0.1) is 6.92 Å². The van der Waals surface area contributed by atoms with Crippen molar-refractivity contribution in [3.05, 3.63) is 17.7 Å². The maximum atomic E-state index is 11.6. The van der Waals surface area contributed by atoms with Gasteiger partial charge in [0.1, 0.15) is 0 Å². The number of phenols is 1. The first kappa shape index (κ1) is 10.8. The summed E-state index contributed by atoms with van der Waals surface area (Å²) in [6.45, 7) is 2.54. The van der Waals surface area contributed by atoms with Gasteiger partial charge >= 0.3 is 0 Å². The number of benzene rings is 1. The summed E-state index contributed by atoms with van der Waals surface area (Å²) in [6, 6.07) is 3.51. The molecule has 1 aromatic rings. The van der Waals surface area contributed by atoms with Crippen molar-refractivity contribution >= 4 is 11.6 Å². The molecule has 0 unspecified atom stereocenters. The van der Waals surface area contributed by atoms with Crippen LogP contribution in [0.2, 0.25) is 0 Å². The highest BCUT2D eigenvalue weighted by atomic mass is 16.5. The van der Waals surface area contributed by atoms with Crippen molar-refractivity contribution in [2.75, 3.05) is 18.6 Å². The lowest BCUT2D eigenvalue weighted by Crippen LogP contribution is -2.23. The molecule has 4 nitrogen and oxygen atoms in total. The minimum absolute atomic E-state index is 0.132. The van der Waals surface area contributed by atoms with Crippen LogP contribution in [0.3, 0.4) is 0 Å². The number of aromatic hydroxyl groups is 1. The number of nitrogens with zero attached hydrogens (tertiary/aromatic N) is 1. The molecule has 1 aromatic carbocycles. The third-order valence-corrected chi connectivity index (χ3v) is 2.86. The number of carbonyl (C=O) groups excluding carboxylic acids is 1. The molecule has 1 fully saturated rings. The zero-order chi connectivity index (χ0) is 11.7. The number of hydrogen-bond donors (Lipinski definition) is 1. The summed E-state index contributed by atoms with van der Waals surface area (Å²) >= 11 is 0. The Morgan fingerprint density at radius 3 is 2.75 bits per heavy atom. The Bertz CT molecular complexity index is 429. The molecule has 1 aliphatic heterocycles. The number of carbonyl (C=O) groups is 1. The standard InChI is InChI=1S/C12H15NO3/c1-8-6-9(7-10(16-2)12(8)15)13-5-3-4-11(13)14/h6-7,15H,3-5H2,1-2H3. The van der Waals surface area contributed by atoms with Gasteiger partial charge in [0, 0.05) is 24.7 Å². The molecule has 0 aliphatic carbocycles. The molecular weight excluding hydrogens is 206 g/mol. The number of aryl methyl sites for hydroxylation is 1. The van der Waals surface area contributed by atoms with Crippen LogP contribution in [-0.4, -0.2) is 24.7 Å². The fraction of sp³-hybridized carbons (Fsp3) is 0.417. The zero-order valence-corrected chi connectivity index (χ0v) is 9.49. The third-order valence-electron chi connectivity index (χ3n) is 2.86. The van der Waals surface area contributed by atoms with Crippen LogP contribution < -0.4 is 9.64 Å². The molecule has 1 heterocycles. The van der Waals surface area contributed by atoms with Gasteiger partial charge in [-0.1, -0.05) is 0 Å². The molecular formula is C12H15NO3. The number of phenolic OH excluding ortho intramolecular Hbond substituents is 1. The summed E-state index contributed by atoms with van der Waals surface area (Å²) in [4.78, 5) is 13.3. The normalized spacial score (nSPS) is 15.6. The third kappa shape index (κ3) is 1.71. The van der Waals surface area contributed by atoms with E-state index >= 15 is 0 Å². The lowest BCUT2D eigenvalue weighted by atomic mass is 10.1. The molecule has 1 amide bonds. The van der Waals surface area contributed by atoms with Crippen molar-refractivity contribution in [1.82, 2.24) is 0 Å². The van der Waals surface area contributed by atoms with Crippen molar-refractivity contribution in [3.63, 3.8) is 0 Å². The Balaban J connectivity index is 2.42. The summed E-state index contributed by atoms with van der Waals surface area (Å²) in [5, 5.41) is 9.70. The van der Waals surface area contributed by atoms with E-state index in [2.05, 4.69) is 0 Å². The number of methoxy groups -OCH3 is 1. The first-order chi connectivity index (χ1) is 7.63. The van der Waals surface area contributed by atoms with E-state index in [9.17, 15) is 9.90 Å². The van der Waals surface area contributed by atoms with Crippen molar-refractivity contribution in [1.29, 1.82) is 0 Å². The van der Waals surface area contributed by atoms with E-state index in [0.29, 0.717) is 17.7 Å². The predicted octanol–water partition coefficient (Wildman–Crippen LogP) is 1.84. The monoisotopic (exact) mass is 221 g/mol. The SMILES string of the molecule is COc1cc(N2CCCC2=O)cc(C)c1O. The van der Waals surface area contributed by atoms with Gasteiger partial charge in [0.05, 0.1) is 7.11 Å². The predicted molar refractivity (Wildman–Crippen MR) is 61.0 cm³/mol. The summed E-state index contributed by atoms with van der Waals surface area (Å²) in [7, 11) is 1.50. The number of ether oxygens (including phenoxy) is 1. The van der Waals surface area contributed by atoms with Gasteiger partial charge < -0.3 is 14.7 Å². The second kappa shape index (κ2) is 4.04. The number of hydrogen-bond acceptors (Lipinski definition) is 3. The number of anilines is 1. The lowest BCUT2D eigenvalue weighted by molar-refractivity contribution is -0.117. The maximum Gasteiger partial charge on any atom is 0.227 e. The van der Waals surface area contributed by atoms with Crippen LogP contribution in [0.15, 0.2) is 12.1 Å². The Labute approximate surface area is 94.4 Å². The molecule has 86 valence electrons. The highest BCUT2D eigenvalue weighted by molar-refractivity contribution is 5.95. The van der Waals surface area contributed by atoms with E-state index < -0.39 is 0 Å². The molecule has 0 saturated carbocycles. The van der Waals surface area contributed by atoms with Crippen molar-refractivity contribution in [2.24, 2.45) is 0 Å². The molecule has 1 aliphatic rings. The smallest absolute Gasteiger partial charge is 0.227 e. The fourth-order valence-electron chi connectivity index (χ4n) is 1.96. The Kier molecular flexibility index (Phi) is 2.73. The van der Waals surface area contributed by atoms with Crippen LogP contribution in [-0.2, 0) is 4.79 Å². The van der Waals surface area contributed by atoms with Crippen molar-refractivity contribution in [2.45, 2.75) is 19.8 Å². The first-order valence-electron chi connectivity index (χ1n) is 5.31. The van der Waals surface area contributed by atoms with Gasteiger partial charge in [0.25, 0.3) is 0 Å². The maximum absolute atomic E-state index is 11.6. The van der Waals surface area contributed by atoms with Crippen LogP contribution in [0.1, 0.15) is 18.4 Å². The van der Waals surface area contributed by atoms with E-state index in [1.54, 1.807) is 24.0 Å². The van der Waals surface area contributed by atoms with Crippen molar-refractivity contribution in [3.8, 4) is 11.5 Å². The number of rotatable bonds is 2. The van der Waals surface area contributed by atoms with Gasteiger partial charge in [-0.05, 0) is 25.0 Å². The highest BCUT2D eigenvalue weighted by Gasteiger charge is 2.23. The van der Waals surface area contributed by atoms with Gasteiger partial charge in [0.15, 0.2) is 11.5 Å². The van der Waals surface area contributed by atoms with Gasteiger partial charge in [-0.2, -0.15) is 0 Å². The Morgan fingerprint density at radius 2 is 2.19 bits per heavy atom. The minimum Gasteiger partial charge on any atom is -0.504 e. The van der Waals surface area contributed by atoms with E-state index in [0.717, 1.165) is 18.7 Å². The molecule has 0 spiro atoms. The average Bonchev–Trinajstić information content (AvgIpc) is 2.68. The first-order valence-corrected chi connectivity index (χ1v) is 5.31. The second-order valence-electron chi connectivity index (χ2n) is 3.96. The molecule has 1 saturated heterocycles. The number of amides is 1. The van der Waals surface area contributed by atoms with Crippen LogP contribution in [0.25, 0.3) is 0 Å². The van der Waals surface area contributed by atoms with Gasteiger partial charge in [0.2, 0.25) is 5.91 Å². The molecule has 1 N–H and O–H groups in total. The molecule has 4 heteroatoms.